The van der Waals surface area contributed by atoms with Gasteiger partial charge in [0, 0.05) is 12.3 Å². The maximum absolute atomic E-state index is 13.5. The molecule has 156 valence electrons. The van der Waals surface area contributed by atoms with Gasteiger partial charge in [0.15, 0.2) is 5.65 Å². The maximum atomic E-state index is 13.5. The Kier molecular flexibility index (Phi) is 6.46. The van der Waals surface area contributed by atoms with Crippen molar-refractivity contribution in [2.45, 2.75) is 33.5 Å². The zero-order valence-electron chi connectivity index (χ0n) is 16.7. The van der Waals surface area contributed by atoms with Crippen LogP contribution in [0.3, 0.4) is 0 Å². The Bertz CT molecular complexity index is 1060. The third-order valence-corrected chi connectivity index (χ3v) is 6.22. The van der Waals surface area contributed by atoms with Crippen LogP contribution in [0.25, 0.3) is 16.6 Å². The molecule has 2 aromatic heterocycles. The van der Waals surface area contributed by atoms with Crippen molar-refractivity contribution in [1.29, 1.82) is 0 Å². The molecule has 0 amide bonds. The van der Waals surface area contributed by atoms with Crippen LogP contribution in [-0.4, -0.2) is 45.8 Å². The molecule has 1 unspecified atom stereocenters. The zero-order valence-corrected chi connectivity index (χ0v) is 17.6. The van der Waals surface area contributed by atoms with Gasteiger partial charge in [-0.15, -0.1) is 5.10 Å². The molecule has 1 aromatic carbocycles. The van der Waals surface area contributed by atoms with Crippen molar-refractivity contribution in [3.8, 4) is 5.75 Å². The van der Waals surface area contributed by atoms with Crippen LogP contribution in [0.1, 0.15) is 39.1 Å². The number of ether oxygens (including phenoxy) is 2. The van der Waals surface area contributed by atoms with Crippen molar-refractivity contribution in [2.75, 3.05) is 19.8 Å². The smallest absolute Gasteiger partial charge is 0.375 e. The molecule has 29 heavy (non-hydrogen) atoms. The average Bonchev–Trinajstić information content (AvgIpc) is 3.16. The lowest BCUT2D eigenvalue weighted by molar-refractivity contribution is -0.144. The van der Waals surface area contributed by atoms with Gasteiger partial charge in [0.25, 0.3) is 0 Å². The van der Waals surface area contributed by atoms with Gasteiger partial charge in [0.1, 0.15) is 5.75 Å². The highest BCUT2D eigenvalue weighted by atomic mass is 31.2. The lowest BCUT2D eigenvalue weighted by atomic mass is 10.1. The van der Waals surface area contributed by atoms with Crippen LogP contribution < -0.4 is 4.74 Å². The van der Waals surface area contributed by atoms with E-state index < -0.39 is 19.4 Å². The number of carbonyl (C=O) groups excluding carboxylic acids is 1. The van der Waals surface area contributed by atoms with Gasteiger partial charge in [-0.05, 0) is 55.5 Å². The molecule has 0 fully saturated rings. The van der Waals surface area contributed by atoms with Crippen molar-refractivity contribution in [3.63, 3.8) is 0 Å². The number of nitrogens with zero attached hydrogens (tertiary/aromatic N) is 4. The van der Waals surface area contributed by atoms with Gasteiger partial charge < -0.3 is 18.5 Å². The largest absolute Gasteiger partial charge is 0.494 e. The van der Waals surface area contributed by atoms with Gasteiger partial charge in [-0.25, -0.2) is 0 Å². The number of benzene rings is 1. The zero-order chi connectivity index (χ0) is 21.0. The molecule has 3 aromatic rings. The van der Waals surface area contributed by atoms with Crippen LogP contribution in [0, 0.1) is 0 Å². The van der Waals surface area contributed by atoms with Gasteiger partial charge >= 0.3 is 13.6 Å². The lowest BCUT2D eigenvalue weighted by Gasteiger charge is -2.26. The minimum atomic E-state index is -3.87. The Morgan fingerprint density at radius 1 is 1.14 bits per heavy atom. The quantitative estimate of drug-likeness (QED) is 0.377. The van der Waals surface area contributed by atoms with Gasteiger partial charge in [0.05, 0.1) is 30.9 Å². The van der Waals surface area contributed by atoms with E-state index in [-0.39, 0.29) is 18.9 Å². The number of hydrogen-bond donors (Lipinski definition) is 0. The second-order valence-electron chi connectivity index (χ2n) is 6.00. The molecule has 0 aliphatic heterocycles. The minimum absolute atomic E-state index is 0.109. The van der Waals surface area contributed by atoms with Gasteiger partial charge in [-0.1, -0.05) is 0 Å². The van der Waals surface area contributed by atoms with E-state index in [4.69, 9.17) is 18.5 Å². The number of pyridine rings is 1. The summed E-state index contributed by atoms with van der Waals surface area (Å²) in [4.78, 5) is 11.8. The first-order valence-corrected chi connectivity index (χ1v) is 10.9. The molecule has 0 radical (unpaired) electrons. The Morgan fingerprint density at radius 3 is 2.48 bits per heavy atom. The molecule has 0 saturated heterocycles. The van der Waals surface area contributed by atoms with Gasteiger partial charge in [-0.2, -0.15) is 4.52 Å². The SMILES string of the molecule is CCOc1ccc2c(c1)cc(C(OC(C)=O)P(=O)(OCC)OCC)c1nnnn12. The Balaban J connectivity index is 2.27. The molecule has 2 heterocycles. The topological polar surface area (TPSA) is 114 Å². The predicted molar refractivity (Wildman–Crippen MR) is 105 cm³/mol. The standard InChI is InChI=1S/C18H23N4O6P/c1-5-25-14-8-9-16-13(10-14)11-15(17-19-20-21-22(16)17)18(28-12(4)23)29(24,26-6-2)27-7-3/h8-11,18H,5-7H2,1-4H3. The summed E-state index contributed by atoms with van der Waals surface area (Å²) >= 11 is 0. The van der Waals surface area contributed by atoms with Gasteiger partial charge in [0.2, 0.25) is 5.85 Å². The number of tetrazole rings is 1. The Labute approximate surface area is 167 Å². The van der Waals surface area contributed by atoms with Crippen molar-refractivity contribution < 1.29 is 27.9 Å². The maximum Gasteiger partial charge on any atom is 0.375 e. The molecule has 0 aliphatic carbocycles. The highest BCUT2D eigenvalue weighted by Crippen LogP contribution is 2.62. The molecule has 0 bridgehead atoms. The monoisotopic (exact) mass is 422 g/mol. The molecule has 0 N–H and O–H groups in total. The summed E-state index contributed by atoms with van der Waals surface area (Å²) in [5.74, 6) is -1.31. The normalized spacial score (nSPS) is 13.0. The molecular formula is C18H23N4O6P. The fourth-order valence-electron chi connectivity index (χ4n) is 3.03. The molecule has 11 heteroatoms. The van der Waals surface area contributed by atoms with E-state index in [0.29, 0.717) is 28.8 Å². The van der Waals surface area contributed by atoms with E-state index in [0.717, 1.165) is 0 Å². The second kappa shape index (κ2) is 8.86. The number of esters is 1. The van der Waals surface area contributed by atoms with E-state index in [9.17, 15) is 9.36 Å². The van der Waals surface area contributed by atoms with E-state index in [1.807, 2.05) is 19.1 Å². The first-order chi connectivity index (χ1) is 13.9. The third kappa shape index (κ3) is 4.24. The van der Waals surface area contributed by atoms with E-state index in [1.54, 1.807) is 26.0 Å². The van der Waals surface area contributed by atoms with Crippen LogP contribution in [0.5, 0.6) is 5.75 Å². The van der Waals surface area contributed by atoms with Gasteiger partial charge in [-0.3, -0.25) is 9.36 Å². The van der Waals surface area contributed by atoms with Crippen molar-refractivity contribution in [2.24, 2.45) is 0 Å². The molecule has 0 aliphatic rings. The fourth-order valence-corrected chi connectivity index (χ4v) is 4.90. The van der Waals surface area contributed by atoms with E-state index in [2.05, 4.69) is 15.5 Å². The number of hydrogen-bond acceptors (Lipinski definition) is 9. The van der Waals surface area contributed by atoms with Crippen LogP contribution in [0.4, 0.5) is 0 Å². The minimum Gasteiger partial charge on any atom is -0.494 e. The summed E-state index contributed by atoms with van der Waals surface area (Å²) in [5.41, 5.74) is 1.31. The second-order valence-corrected chi connectivity index (χ2v) is 8.07. The number of rotatable bonds is 9. The van der Waals surface area contributed by atoms with Crippen LogP contribution in [0.2, 0.25) is 0 Å². The highest BCUT2D eigenvalue weighted by molar-refractivity contribution is 7.54. The van der Waals surface area contributed by atoms with Crippen molar-refractivity contribution in [3.05, 3.63) is 29.8 Å². The first-order valence-electron chi connectivity index (χ1n) is 9.27. The third-order valence-electron chi connectivity index (χ3n) is 4.03. The summed E-state index contributed by atoms with van der Waals surface area (Å²) in [6.45, 7) is 7.20. The number of carbonyl (C=O) groups is 1. The predicted octanol–water partition coefficient (Wildman–Crippen LogP) is 3.50. The van der Waals surface area contributed by atoms with Crippen molar-refractivity contribution >= 4 is 30.1 Å². The van der Waals surface area contributed by atoms with Crippen LogP contribution >= 0.6 is 7.60 Å². The number of aromatic nitrogens is 4. The van der Waals surface area contributed by atoms with E-state index >= 15 is 0 Å². The van der Waals surface area contributed by atoms with Crippen LogP contribution in [0.15, 0.2) is 24.3 Å². The number of fused-ring (bicyclic) bond motifs is 3. The Hall–Kier alpha value is -2.55. The van der Waals surface area contributed by atoms with Crippen LogP contribution in [-0.2, 0) is 23.1 Å². The van der Waals surface area contributed by atoms with E-state index in [1.165, 1.54) is 11.4 Å². The molecule has 1 atom stereocenters. The molecule has 0 spiro atoms. The molecule has 3 rings (SSSR count). The summed E-state index contributed by atoms with van der Waals surface area (Å²) in [5, 5.41) is 12.5. The summed E-state index contributed by atoms with van der Waals surface area (Å²) in [7, 11) is -3.87. The lowest BCUT2D eigenvalue weighted by Crippen LogP contribution is -2.14. The summed E-state index contributed by atoms with van der Waals surface area (Å²) < 4.78 is 36.8. The van der Waals surface area contributed by atoms with Crippen molar-refractivity contribution in [1.82, 2.24) is 20.0 Å². The average molecular weight is 422 g/mol. The molecule has 0 saturated carbocycles. The highest BCUT2D eigenvalue weighted by Gasteiger charge is 2.42. The molecular weight excluding hydrogens is 399 g/mol. The fraction of sp³-hybridized carbons (Fsp3) is 0.444. The Morgan fingerprint density at radius 2 is 1.86 bits per heavy atom. The first kappa shape index (κ1) is 21.2. The molecule has 10 nitrogen and oxygen atoms in total. The summed E-state index contributed by atoms with van der Waals surface area (Å²) in [6, 6.07) is 7.14. The summed E-state index contributed by atoms with van der Waals surface area (Å²) in [6.07, 6.45) is 0.